The van der Waals surface area contributed by atoms with Crippen molar-refractivity contribution in [2.24, 2.45) is 0 Å². The minimum atomic E-state index is -0.472. The number of carbonyl (C=O) groups is 1. The van der Waals surface area contributed by atoms with Gasteiger partial charge in [-0.3, -0.25) is 19.9 Å². The number of nitro benzene ring substituents is 1. The van der Waals surface area contributed by atoms with Crippen molar-refractivity contribution >= 4 is 11.6 Å². The molecule has 2 heterocycles. The summed E-state index contributed by atoms with van der Waals surface area (Å²) in [6.45, 7) is 0.399. The van der Waals surface area contributed by atoms with Gasteiger partial charge in [-0.2, -0.15) is 5.10 Å². The maximum atomic E-state index is 13.0. The summed E-state index contributed by atoms with van der Waals surface area (Å²) in [7, 11) is 1.58. The van der Waals surface area contributed by atoms with E-state index in [2.05, 4.69) is 15.4 Å². The van der Waals surface area contributed by atoms with Crippen LogP contribution in [-0.2, 0) is 6.42 Å². The highest BCUT2D eigenvalue weighted by molar-refractivity contribution is 5.94. The second kappa shape index (κ2) is 9.73. The SMILES string of the molecule is COc1cccc(-c2cc(C(=O)NCCc3ccccn3)n(-c3ccc([N+](=O)[O-])cc3)n2)c1. The van der Waals surface area contributed by atoms with Crippen molar-refractivity contribution in [3.8, 4) is 22.7 Å². The summed E-state index contributed by atoms with van der Waals surface area (Å²) >= 11 is 0. The molecule has 1 N–H and O–H groups in total. The number of methoxy groups -OCH3 is 1. The van der Waals surface area contributed by atoms with Gasteiger partial charge in [-0.05, 0) is 42.5 Å². The van der Waals surface area contributed by atoms with E-state index in [9.17, 15) is 14.9 Å². The molecule has 0 spiro atoms. The van der Waals surface area contributed by atoms with Gasteiger partial charge >= 0.3 is 0 Å². The fourth-order valence-electron chi connectivity index (χ4n) is 3.32. The van der Waals surface area contributed by atoms with Gasteiger partial charge in [0.1, 0.15) is 11.4 Å². The van der Waals surface area contributed by atoms with Gasteiger partial charge in [-0.25, -0.2) is 4.68 Å². The van der Waals surface area contributed by atoms with E-state index in [4.69, 9.17) is 4.74 Å². The third-order valence-corrected chi connectivity index (χ3v) is 5.01. The van der Waals surface area contributed by atoms with Crippen molar-refractivity contribution in [1.82, 2.24) is 20.1 Å². The molecule has 0 atom stereocenters. The van der Waals surface area contributed by atoms with Crippen LogP contribution in [0.1, 0.15) is 16.2 Å². The first-order chi connectivity index (χ1) is 16.0. The number of nitrogens with one attached hydrogen (secondary N) is 1. The van der Waals surface area contributed by atoms with Crippen LogP contribution in [-0.4, -0.2) is 39.2 Å². The van der Waals surface area contributed by atoms with E-state index in [1.807, 2.05) is 42.5 Å². The Morgan fingerprint density at radius 2 is 1.91 bits per heavy atom. The number of hydrogen-bond acceptors (Lipinski definition) is 6. The molecule has 0 aliphatic carbocycles. The van der Waals surface area contributed by atoms with Crippen molar-refractivity contribution in [1.29, 1.82) is 0 Å². The number of rotatable bonds is 8. The highest BCUT2D eigenvalue weighted by Crippen LogP contribution is 2.26. The molecule has 0 bridgehead atoms. The fourth-order valence-corrected chi connectivity index (χ4v) is 3.32. The molecule has 166 valence electrons. The second-order valence-electron chi connectivity index (χ2n) is 7.16. The van der Waals surface area contributed by atoms with Crippen LogP contribution in [0.25, 0.3) is 16.9 Å². The summed E-state index contributed by atoms with van der Waals surface area (Å²) in [6, 6.07) is 20.6. The van der Waals surface area contributed by atoms with Crippen LogP contribution >= 0.6 is 0 Å². The molecule has 0 saturated carbocycles. The Balaban J connectivity index is 1.65. The number of pyridine rings is 1. The van der Waals surface area contributed by atoms with E-state index >= 15 is 0 Å². The second-order valence-corrected chi connectivity index (χ2v) is 7.16. The van der Waals surface area contributed by atoms with Crippen molar-refractivity contribution in [2.75, 3.05) is 13.7 Å². The van der Waals surface area contributed by atoms with Gasteiger partial charge in [0.05, 0.1) is 23.4 Å². The summed E-state index contributed by atoms with van der Waals surface area (Å²) in [6.07, 6.45) is 2.29. The van der Waals surface area contributed by atoms with E-state index in [1.165, 1.54) is 16.8 Å². The number of nitro groups is 1. The van der Waals surface area contributed by atoms with Crippen LogP contribution in [0.4, 0.5) is 5.69 Å². The van der Waals surface area contributed by atoms with Gasteiger partial charge < -0.3 is 10.1 Å². The number of benzene rings is 2. The van der Waals surface area contributed by atoms with Gasteiger partial charge in [0.25, 0.3) is 11.6 Å². The van der Waals surface area contributed by atoms with E-state index in [0.29, 0.717) is 35.8 Å². The van der Waals surface area contributed by atoms with E-state index < -0.39 is 4.92 Å². The van der Waals surface area contributed by atoms with Crippen molar-refractivity contribution in [3.05, 3.63) is 100 Å². The maximum Gasteiger partial charge on any atom is 0.270 e. The van der Waals surface area contributed by atoms with Gasteiger partial charge in [0, 0.05) is 42.6 Å². The highest BCUT2D eigenvalue weighted by Gasteiger charge is 2.18. The summed E-state index contributed by atoms with van der Waals surface area (Å²) in [4.78, 5) is 27.8. The van der Waals surface area contributed by atoms with Gasteiger partial charge in [0.15, 0.2) is 0 Å². The molecule has 4 rings (SSSR count). The molecule has 0 unspecified atom stereocenters. The average molecular weight is 443 g/mol. The molecule has 9 heteroatoms. The predicted octanol–water partition coefficient (Wildman–Crippen LogP) is 3.82. The molecular weight excluding hydrogens is 422 g/mol. The lowest BCUT2D eigenvalue weighted by Crippen LogP contribution is -2.28. The molecule has 0 radical (unpaired) electrons. The smallest absolute Gasteiger partial charge is 0.270 e. The first-order valence-corrected chi connectivity index (χ1v) is 10.2. The van der Waals surface area contributed by atoms with Gasteiger partial charge in [-0.15, -0.1) is 0 Å². The first-order valence-electron chi connectivity index (χ1n) is 10.2. The molecule has 0 aliphatic rings. The molecule has 2 aromatic carbocycles. The van der Waals surface area contributed by atoms with Crippen molar-refractivity contribution < 1.29 is 14.5 Å². The maximum absolute atomic E-state index is 13.0. The van der Waals surface area contributed by atoms with Gasteiger partial charge in [0.2, 0.25) is 0 Å². The normalized spacial score (nSPS) is 10.6. The molecule has 33 heavy (non-hydrogen) atoms. The summed E-state index contributed by atoms with van der Waals surface area (Å²) in [5.41, 5.74) is 3.02. The summed E-state index contributed by atoms with van der Waals surface area (Å²) in [5, 5.41) is 18.5. The molecule has 0 saturated heterocycles. The zero-order chi connectivity index (χ0) is 23.2. The first kappa shape index (κ1) is 21.7. The third-order valence-electron chi connectivity index (χ3n) is 5.01. The number of amides is 1. The van der Waals surface area contributed by atoms with Crippen LogP contribution in [0, 0.1) is 10.1 Å². The Hall–Kier alpha value is -4.53. The Morgan fingerprint density at radius 1 is 1.09 bits per heavy atom. The van der Waals surface area contributed by atoms with Crippen LogP contribution in [0.15, 0.2) is 79.0 Å². The molecule has 0 fully saturated rings. The number of aromatic nitrogens is 3. The lowest BCUT2D eigenvalue weighted by molar-refractivity contribution is -0.384. The molecule has 4 aromatic rings. The summed E-state index contributed by atoms with van der Waals surface area (Å²) in [5.74, 6) is 0.352. The molecule has 9 nitrogen and oxygen atoms in total. The zero-order valence-electron chi connectivity index (χ0n) is 17.8. The monoisotopic (exact) mass is 443 g/mol. The van der Waals surface area contributed by atoms with Crippen molar-refractivity contribution in [3.63, 3.8) is 0 Å². The fraction of sp³-hybridized carbons (Fsp3) is 0.125. The van der Waals surface area contributed by atoms with E-state index in [-0.39, 0.29) is 11.6 Å². The van der Waals surface area contributed by atoms with Crippen LogP contribution in [0.2, 0.25) is 0 Å². The molecule has 1 amide bonds. The number of ether oxygens (including phenoxy) is 1. The number of non-ortho nitro benzene ring substituents is 1. The third kappa shape index (κ3) is 5.04. The minimum Gasteiger partial charge on any atom is -0.497 e. The summed E-state index contributed by atoms with van der Waals surface area (Å²) < 4.78 is 6.77. The molecule has 0 aliphatic heterocycles. The van der Waals surface area contributed by atoms with E-state index in [1.54, 1.807) is 31.5 Å². The largest absolute Gasteiger partial charge is 0.497 e. The quantitative estimate of drug-likeness (QED) is 0.327. The Kier molecular flexibility index (Phi) is 6.40. The number of carbonyl (C=O) groups excluding carboxylic acids is 1. The number of hydrogen-bond donors (Lipinski definition) is 1. The Morgan fingerprint density at radius 3 is 2.61 bits per heavy atom. The Bertz CT molecular complexity index is 1270. The number of nitrogens with zero attached hydrogens (tertiary/aromatic N) is 4. The minimum absolute atomic E-state index is 0.0414. The predicted molar refractivity (Wildman–Crippen MR) is 122 cm³/mol. The van der Waals surface area contributed by atoms with Crippen LogP contribution in [0.3, 0.4) is 0 Å². The highest BCUT2D eigenvalue weighted by atomic mass is 16.6. The van der Waals surface area contributed by atoms with E-state index in [0.717, 1.165) is 11.3 Å². The van der Waals surface area contributed by atoms with Crippen molar-refractivity contribution in [2.45, 2.75) is 6.42 Å². The topological polar surface area (TPSA) is 112 Å². The standard InChI is InChI=1S/C24H21N5O4/c1-33-21-7-4-5-17(15-21)22-16-23(24(30)26-14-12-18-6-2-3-13-25-18)28(27-22)19-8-10-20(11-9-19)29(31)32/h2-11,13,15-16H,12,14H2,1H3,(H,26,30). The molecule has 2 aromatic heterocycles. The molecular formula is C24H21N5O4. The van der Waals surface area contributed by atoms with Crippen LogP contribution in [0.5, 0.6) is 5.75 Å². The van der Waals surface area contributed by atoms with Gasteiger partial charge in [-0.1, -0.05) is 18.2 Å². The zero-order valence-corrected chi connectivity index (χ0v) is 17.8. The van der Waals surface area contributed by atoms with Crippen LogP contribution < -0.4 is 10.1 Å². The lowest BCUT2D eigenvalue weighted by atomic mass is 10.1. The average Bonchev–Trinajstić information content (AvgIpc) is 3.30. The Labute approximate surface area is 189 Å². The lowest BCUT2D eigenvalue weighted by Gasteiger charge is -2.08.